The molecule has 0 aromatic rings. The second-order valence-electron chi connectivity index (χ2n) is 5.45. The highest BCUT2D eigenvalue weighted by Crippen LogP contribution is 2.45. The van der Waals surface area contributed by atoms with Crippen molar-refractivity contribution in [1.29, 1.82) is 0 Å². The van der Waals surface area contributed by atoms with Crippen molar-refractivity contribution in [2.24, 2.45) is 11.7 Å². The van der Waals surface area contributed by atoms with Crippen LogP contribution in [0.5, 0.6) is 0 Å². The van der Waals surface area contributed by atoms with Crippen LogP contribution in [-0.2, 0) is 4.74 Å². The molecule has 0 amide bonds. The van der Waals surface area contributed by atoms with Crippen molar-refractivity contribution in [3.8, 4) is 0 Å². The number of hydrogen-bond acceptors (Lipinski definition) is 3. The SMILES string of the molecule is COC1(C)CN(C2(CN)CC(C)C2)C1. The van der Waals surface area contributed by atoms with E-state index < -0.39 is 0 Å². The average molecular weight is 198 g/mol. The maximum absolute atomic E-state index is 5.89. The molecule has 1 heterocycles. The third kappa shape index (κ3) is 1.38. The van der Waals surface area contributed by atoms with Crippen LogP contribution in [0, 0.1) is 5.92 Å². The summed E-state index contributed by atoms with van der Waals surface area (Å²) < 4.78 is 5.46. The molecule has 82 valence electrons. The molecule has 0 spiro atoms. The number of rotatable bonds is 3. The second kappa shape index (κ2) is 3.19. The molecule has 1 aliphatic heterocycles. The lowest BCUT2D eigenvalue weighted by Crippen LogP contribution is -2.73. The second-order valence-corrected chi connectivity index (χ2v) is 5.45. The summed E-state index contributed by atoms with van der Waals surface area (Å²) in [5.74, 6) is 0.855. The van der Waals surface area contributed by atoms with Gasteiger partial charge in [-0.05, 0) is 25.7 Å². The molecule has 2 fully saturated rings. The first-order chi connectivity index (χ1) is 6.53. The van der Waals surface area contributed by atoms with Crippen molar-refractivity contribution >= 4 is 0 Å². The first kappa shape index (κ1) is 10.4. The van der Waals surface area contributed by atoms with Gasteiger partial charge in [-0.3, -0.25) is 4.90 Å². The lowest BCUT2D eigenvalue weighted by Gasteiger charge is -2.61. The number of nitrogens with two attached hydrogens (primary N) is 1. The molecule has 1 saturated heterocycles. The predicted molar refractivity (Wildman–Crippen MR) is 57.2 cm³/mol. The molecule has 3 nitrogen and oxygen atoms in total. The minimum absolute atomic E-state index is 0.0843. The van der Waals surface area contributed by atoms with Gasteiger partial charge in [-0.2, -0.15) is 0 Å². The van der Waals surface area contributed by atoms with E-state index >= 15 is 0 Å². The molecular formula is C11H22N2O. The summed E-state index contributed by atoms with van der Waals surface area (Å²) in [6.45, 7) is 7.39. The van der Waals surface area contributed by atoms with E-state index in [1.807, 2.05) is 0 Å². The molecule has 0 unspecified atom stereocenters. The molecule has 14 heavy (non-hydrogen) atoms. The third-order valence-corrected chi connectivity index (χ3v) is 4.05. The largest absolute Gasteiger partial charge is 0.376 e. The number of hydrogen-bond donors (Lipinski definition) is 1. The molecule has 0 aromatic carbocycles. The summed E-state index contributed by atoms with van der Waals surface area (Å²) in [6.07, 6.45) is 2.53. The molecular weight excluding hydrogens is 176 g/mol. The van der Waals surface area contributed by atoms with Gasteiger partial charge in [-0.25, -0.2) is 0 Å². The quantitative estimate of drug-likeness (QED) is 0.730. The van der Waals surface area contributed by atoms with E-state index in [0.717, 1.165) is 25.6 Å². The summed E-state index contributed by atoms with van der Waals surface area (Å²) in [5.41, 5.74) is 6.29. The summed E-state index contributed by atoms with van der Waals surface area (Å²) >= 11 is 0. The molecule has 3 heteroatoms. The summed E-state index contributed by atoms with van der Waals surface area (Å²) in [6, 6.07) is 0. The Morgan fingerprint density at radius 3 is 2.36 bits per heavy atom. The van der Waals surface area contributed by atoms with Crippen molar-refractivity contribution < 1.29 is 4.74 Å². The highest BCUT2D eigenvalue weighted by Gasteiger charge is 2.53. The van der Waals surface area contributed by atoms with Crippen LogP contribution < -0.4 is 5.73 Å². The number of ether oxygens (including phenoxy) is 1. The Labute approximate surface area is 86.6 Å². The fourth-order valence-electron chi connectivity index (χ4n) is 3.02. The van der Waals surface area contributed by atoms with Crippen molar-refractivity contribution in [1.82, 2.24) is 4.90 Å². The van der Waals surface area contributed by atoms with Crippen molar-refractivity contribution in [2.75, 3.05) is 26.7 Å². The Morgan fingerprint density at radius 2 is 2.00 bits per heavy atom. The minimum Gasteiger partial charge on any atom is -0.376 e. The van der Waals surface area contributed by atoms with E-state index in [4.69, 9.17) is 10.5 Å². The van der Waals surface area contributed by atoms with E-state index in [-0.39, 0.29) is 5.60 Å². The zero-order valence-electron chi connectivity index (χ0n) is 9.55. The van der Waals surface area contributed by atoms with Gasteiger partial charge >= 0.3 is 0 Å². The van der Waals surface area contributed by atoms with Crippen LogP contribution in [0.15, 0.2) is 0 Å². The monoisotopic (exact) mass is 198 g/mol. The Balaban J connectivity index is 1.92. The van der Waals surface area contributed by atoms with E-state index in [2.05, 4.69) is 18.7 Å². The van der Waals surface area contributed by atoms with E-state index in [1.165, 1.54) is 12.8 Å². The smallest absolute Gasteiger partial charge is 0.0903 e. The first-order valence-corrected chi connectivity index (χ1v) is 5.54. The van der Waals surface area contributed by atoms with Gasteiger partial charge < -0.3 is 10.5 Å². The van der Waals surface area contributed by atoms with E-state index in [0.29, 0.717) is 5.54 Å². The van der Waals surface area contributed by atoms with Crippen molar-refractivity contribution in [2.45, 2.75) is 37.8 Å². The lowest BCUT2D eigenvalue weighted by molar-refractivity contribution is -0.174. The lowest BCUT2D eigenvalue weighted by atomic mass is 9.66. The molecule has 2 aliphatic rings. The first-order valence-electron chi connectivity index (χ1n) is 5.54. The van der Waals surface area contributed by atoms with Crippen LogP contribution in [0.4, 0.5) is 0 Å². The van der Waals surface area contributed by atoms with Crippen LogP contribution in [0.3, 0.4) is 0 Å². The molecule has 1 aliphatic carbocycles. The highest BCUT2D eigenvalue weighted by molar-refractivity contribution is 5.09. The highest BCUT2D eigenvalue weighted by atomic mass is 16.5. The number of nitrogens with zero attached hydrogens (tertiary/aromatic N) is 1. The maximum Gasteiger partial charge on any atom is 0.0903 e. The molecule has 0 atom stereocenters. The van der Waals surface area contributed by atoms with Gasteiger partial charge in [0, 0.05) is 32.3 Å². The Bertz CT molecular complexity index is 217. The molecule has 1 saturated carbocycles. The Hall–Kier alpha value is -0.120. The fourth-order valence-corrected chi connectivity index (χ4v) is 3.02. The number of methoxy groups -OCH3 is 1. The summed E-state index contributed by atoms with van der Waals surface area (Å²) in [4.78, 5) is 2.51. The van der Waals surface area contributed by atoms with Crippen molar-refractivity contribution in [3.63, 3.8) is 0 Å². The fraction of sp³-hybridized carbons (Fsp3) is 1.00. The Morgan fingerprint density at radius 1 is 1.43 bits per heavy atom. The standard InChI is InChI=1S/C11H22N2O/c1-9-4-11(5-9,6-12)13-7-10(2,8-13)14-3/h9H,4-8,12H2,1-3H3. The average Bonchev–Trinajstić information content (AvgIpc) is 2.07. The Kier molecular flexibility index (Phi) is 2.37. The van der Waals surface area contributed by atoms with Crippen LogP contribution in [0.25, 0.3) is 0 Å². The summed E-state index contributed by atoms with van der Waals surface area (Å²) in [5, 5.41) is 0. The van der Waals surface area contributed by atoms with Crippen LogP contribution in [-0.4, -0.2) is 42.8 Å². The van der Waals surface area contributed by atoms with E-state index in [1.54, 1.807) is 7.11 Å². The van der Waals surface area contributed by atoms with Crippen molar-refractivity contribution in [3.05, 3.63) is 0 Å². The van der Waals surface area contributed by atoms with Gasteiger partial charge in [-0.15, -0.1) is 0 Å². The van der Waals surface area contributed by atoms with Gasteiger partial charge in [0.1, 0.15) is 0 Å². The van der Waals surface area contributed by atoms with Crippen LogP contribution in [0.1, 0.15) is 26.7 Å². The van der Waals surface area contributed by atoms with Crippen LogP contribution >= 0.6 is 0 Å². The molecule has 0 aromatic heterocycles. The maximum atomic E-state index is 5.89. The van der Waals surface area contributed by atoms with Gasteiger partial charge in [0.15, 0.2) is 0 Å². The summed E-state index contributed by atoms with van der Waals surface area (Å²) in [7, 11) is 1.80. The van der Waals surface area contributed by atoms with Gasteiger partial charge in [0.2, 0.25) is 0 Å². The zero-order chi connectivity index (χ0) is 10.4. The van der Waals surface area contributed by atoms with E-state index in [9.17, 15) is 0 Å². The normalized spacial score (nSPS) is 41.6. The van der Waals surface area contributed by atoms with Gasteiger partial charge in [0.25, 0.3) is 0 Å². The van der Waals surface area contributed by atoms with Gasteiger partial charge in [0.05, 0.1) is 5.60 Å². The molecule has 2 N–H and O–H groups in total. The third-order valence-electron chi connectivity index (χ3n) is 4.05. The molecule has 2 rings (SSSR count). The van der Waals surface area contributed by atoms with Crippen LogP contribution in [0.2, 0.25) is 0 Å². The number of likely N-dealkylation sites (tertiary alicyclic amines) is 1. The molecule has 0 bridgehead atoms. The zero-order valence-corrected chi connectivity index (χ0v) is 9.55. The van der Waals surface area contributed by atoms with Gasteiger partial charge in [-0.1, -0.05) is 6.92 Å². The predicted octanol–water partition coefficient (Wildman–Crippen LogP) is 0.834. The molecule has 0 radical (unpaired) electrons. The minimum atomic E-state index is 0.0843. The topological polar surface area (TPSA) is 38.5 Å².